The number of amides is 2. The molecular formula is C18H17ClF4N4O. The molecule has 1 aliphatic heterocycles. The molecule has 150 valence electrons. The van der Waals surface area contributed by atoms with Crippen LogP contribution in [-0.2, 0) is 12.7 Å². The van der Waals surface area contributed by atoms with Crippen LogP contribution in [0.3, 0.4) is 0 Å². The summed E-state index contributed by atoms with van der Waals surface area (Å²) in [6.07, 6.45) is -3.76. The maximum Gasteiger partial charge on any atom is 0.417 e. The van der Waals surface area contributed by atoms with E-state index in [1.54, 1.807) is 28.0 Å². The zero-order valence-electron chi connectivity index (χ0n) is 14.6. The van der Waals surface area contributed by atoms with Gasteiger partial charge in [-0.05, 0) is 12.1 Å². The quantitative estimate of drug-likeness (QED) is 0.771. The number of nitrogens with one attached hydrogen (secondary N) is 1. The molecule has 1 aromatic carbocycles. The summed E-state index contributed by atoms with van der Waals surface area (Å²) in [5.41, 5.74) is -0.525. The number of anilines is 1. The van der Waals surface area contributed by atoms with E-state index >= 15 is 0 Å². The normalized spacial score (nSPS) is 14.9. The fourth-order valence-electron chi connectivity index (χ4n) is 2.86. The smallest absolute Gasteiger partial charge is 0.352 e. The Morgan fingerprint density at radius 2 is 1.86 bits per heavy atom. The molecule has 10 heteroatoms. The Morgan fingerprint density at radius 3 is 2.46 bits per heavy atom. The number of piperazine rings is 1. The number of hydrogen-bond donors (Lipinski definition) is 1. The number of halogens is 5. The maximum absolute atomic E-state index is 13.6. The molecule has 0 bridgehead atoms. The summed E-state index contributed by atoms with van der Waals surface area (Å²) in [4.78, 5) is 19.4. The number of aromatic nitrogens is 1. The maximum atomic E-state index is 13.6. The van der Waals surface area contributed by atoms with Gasteiger partial charge in [0.15, 0.2) is 0 Å². The molecule has 1 N–H and O–H groups in total. The molecule has 0 saturated carbocycles. The van der Waals surface area contributed by atoms with E-state index in [-0.39, 0.29) is 23.4 Å². The Bertz CT molecular complexity index is 854. The van der Waals surface area contributed by atoms with E-state index in [0.717, 1.165) is 12.3 Å². The standard InChI is InChI=1S/C18H17ClF4N4O/c19-14-9-13(18(21,22)23)11-24-16(14)26-5-7-27(8-6-26)17(28)25-10-12-3-1-2-4-15(12)20/h1-4,9,11H,5-8,10H2,(H,25,28). The van der Waals surface area contributed by atoms with Crippen molar-refractivity contribution in [3.05, 3.63) is 58.5 Å². The van der Waals surface area contributed by atoms with Crippen molar-refractivity contribution in [1.29, 1.82) is 0 Å². The number of rotatable bonds is 3. The van der Waals surface area contributed by atoms with Crippen LogP contribution in [0.15, 0.2) is 36.5 Å². The van der Waals surface area contributed by atoms with Gasteiger partial charge in [-0.2, -0.15) is 13.2 Å². The van der Waals surface area contributed by atoms with E-state index in [1.165, 1.54) is 6.07 Å². The summed E-state index contributed by atoms with van der Waals surface area (Å²) in [5, 5.41) is 2.57. The van der Waals surface area contributed by atoms with Crippen LogP contribution in [0.4, 0.5) is 28.2 Å². The second kappa shape index (κ2) is 8.22. The van der Waals surface area contributed by atoms with Gasteiger partial charge < -0.3 is 15.1 Å². The molecule has 0 aliphatic carbocycles. The summed E-state index contributed by atoms with van der Waals surface area (Å²) in [5.74, 6) is -0.142. The number of urea groups is 1. The first-order valence-electron chi connectivity index (χ1n) is 8.49. The highest BCUT2D eigenvalue weighted by molar-refractivity contribution is 6.33. The minimum atomic E-state index is -4.51. The van der Waals surface area contributed by atoms with Crippen LogP contribution in [0.1, 0.15) is 11.1 Å². The molecule has 2 aromatic rings. The molecule has 2 amide bonds. The van der Waals surface area contributed by atoms with E-state index in [0.29, 0.717) is 31.7 Å². The predicted molar refractivity (Wildman–Crippen MR) is 96.7 cm³/mol. The molecule has 1 aromatic heterocycles. The van der Waals surface area contributed by atoms with E-state index in [9.17, 15) is 22.4 Å². The van der Waals surface area contributed by atoms with Crippen LogP contribution >= 0.6 is 11.6 Å². The zero-order chi connectivity index (χ0) is 20.3. The van der Waals surface area contributed by atoms with Gasteiger partial charge in [0, 0.05) is 44.5 Å². The fourth-order valence-corrected chi connectivity index (χ4v) is 3.15. The van der Waals surface area contributed by atoms with E-state index in [1.807, 2.05) is 0 Å². The molecule has 3 rings (SSSR count). The molecule has 0 spiro atoms. The van der Waals surface area contributed by atoms with Gasteiger partial charge in [0.2, 0.25) is 0 Å². The third-order valence-electron chi connectivity index (χ3n) is 4.40. The number of alkyl halides is 3. The van der Waals surface area contributed by atoms with Crippen molar-refractivity contribution in [3.8, 4) is 0 Å². The van der Waals surface area contributed by atoms with Crippen molar-refractivity contribution in [2.45, 2.75) is 12.7 Å². The largest absolute Gasteiger partial charge is 0.417 e. The Hall–Kier alpha value is -2.55. The second-order valence-corrected chi connectivity index (χ2v) is 6.66. The molecule has 0 unspecified atom stereocenters. The molecule has 28 heavy (non-hydrogen) atoms. The molecule has 2 heterocycles. The number of pyridine rings is 1. The van der Waals surface area contributed by atoms with Crippen molar-refractivity contribution in [2.24, 2.45) is 0 Å². The summed E-state index contributed by atoms with van der Waals surface area (Å²) in [6.45, 7) is 1.47. The SMILES string of the molecule is O=C(NCc1ccccc1F)N1CCN(c2ncc(C(F)(F)F)cc2Cl)CC1. The van der Waals surface area contributed by atoms with Crippen LogP contribution in [0.5, 0.6) is 0 Å². The Morgan fingerprint density at radius 1 is 1.18 bits per heavy atom. The number of nitrogens with zero attached hydrogens (tertiary/aromatic N) is 3. The minimum Gasteiger partial charge on any atom is -0.352 e. The summed E-state index contributed by atoms with van der Waals surface area (Å²) < 4.78 is 51.7. The predicted octanol–water partition coefficient (Wildman–Crippen LogP) is 3.92. The summed E-state index contributed by atoms with van der Waals surface area (Å²) in [6, 6.07) is 6.67. The minimum absolute atomic E-state index is 0.0675. The molecule has 1 aliphatic rings. The lowest BCUT2D eigenvalue weighted by atomic mass is 10.2. The average Bonchev–Trinajstić information content (AvgIpc) is 2.66. The van der Waals surface area contributed by atoms with Crippen molar-refractivity contribution in [1.82, 2.24) is 15.2 Å². The Kier molecular flexibility index (Phi) is 5.93. The second-order valence-electron chi connectivity index (χ2n) is 6.25. The summed E-state index contributed by atoms with van der Waals surface area (Å²) in [7, 11) is 0. The molecular weight excluding hydrogens is 400 g/mol. The van der Waals surface area contributed by atoms with Gasteiger partial charge in [-0.15, -0.1) is 0 Å². The van der Waals surface area contributed by atoms with Crippen LogP contribution < -0.4 is 10.2 Å². The van der Waals surface area contributed by atoms with Crippen LogP contribution in [0, 0.1) is 5.82 Å². The number of hydrogen-bond acceptors (Lipinski definition) is 3. The van der Waals surface area contributed by atoms with Crippen LogP contribution in [0.2, 0.25) is 5.02 Å². The van der Waals surface area contributed by atoms with Gasteiger partial charge in [-0.3, -0.25) is 0 Å². The van der Waals surface area contributed by atoms with Crippen molar-refractivity contribution >= 4 is 23.4 Å². The van der Waals surface area contributed by atoms with Gasteiger partial charge in [-0.25, -0.2) is 14.2 Å². The lowest BCUT2D eigenvalue weighted by Gasteiger charge is -2.35. The van der Waals surface area contributed by atoms with E-state index < -0.39 is 17.6 Å². The zero-order valence-corrected chi connectivity index (χ0v) is 15.4. The lowest BCUT2D eigenvalue weighted by molar-refractivity contribution is -0.137. The number of carbonyl (C=O) groups excluding carboxylic acids is 1. The first kappa shape index (κ1) is 20.2. The van der Waals surface area contributed by atoms with Crippen molar-refractivity contribution in [2.75, 3.05) is 31.1 Å². The highest BCUT2D eigenvalue weighted by atomic mass is 35.5. The van der Waals surface area contributed by atoms with Crippen molar-refractivity contribution in [3.63, 3.8) is 0 Å². The van der Waals surface area contributed by atoms with Gasteiger partial charge in [0.05, 0.1) is 10.6 Å². The first-order valence-corrected chi connectivity index (χ1v) is 8.87. The van der Waals surface area contributed by atoms with E-state index in [4.69, 9.17) is 11.6 Å². The lowest BCUT2D eigenvalue weighted by Crippen LogP contribution is -2.52. The summed E-state index contributed by atoms with van der Waals surface area (Å²) >= 11 is 5.97. The topological polar surface area (TPSA) is 48.5 Å². The Labute approximate surface area is 163 Å². The van der Waals surface area contributed by atoms with Crippen LogP contribution in [-0.4, -0.2) is 42.1 Å². The monoisotopic (exact) mass is 416 g/mol. The van der Waals surface area contributed by atoms with Crippen molar-refractivity contribution < 1.29 is 22.4 Å². The van der Waals surface area contributed by atoms with Crippen LogP contribution in [0.25, 0.3) is 0 Å². The third-order valence-corrected chi connectivity index (χ3v) is 4.68. The molecule has 1 saturated heterocycles. The van der Waals surface area contributed by atoms with Gasteiger partial charge in [-0.1, -0.05) is 29.8 Å². The van der Waals surface area contributed by atoms with E-state index in [2.05, 4.69) is 10.3 Å². The third kappa shape index (κ3) is 4.64. The molecule has 5 nitrogen and oxygen atoms in total. The highest BCUT2D eigenvalue weighted by Gasteiger charge is 2.32. The number of benzene rings is 1. The molecule has 0 radical (unpaired) electrons. The van der Waals surface area contributed by atoms with Gasteiger partial charge in [0.25, 0.3) is 0 Å². The van der Waals surface area contributed by atoms with Gasteiger partial charge in [0.1, 0.15) is 11.6 Å². The number of carbonyl (C=O) groups is 1. The molecule has 0 atom stereocenters. The Balaban J connectivity index is 1.55. The van der Waals surface area contributed by atoms with Gasteiger partial charge >= 0.3 is 12.2 Å². The highest BCUT2D eigenvalue weighted by Crippen LogP contribution is 2.33. The average molecular weight is 417 g/mol. The molecule has 1 fully saturated rings. The fraction of sp³-hybridized carbons (Fsp3) is 0.333. The first-order chi connectivity index (χ1) is 13.3.